The number of hydrogen-bond donors (Lipinski definition) is 0. The Labute approximate surface area is 174 Å². The average Bonchev–Trinajstić information content (AvgIpc) is 3.33. The van der Waals surface area contributed by atoms with Crippen LogP contribution in [0.2, 0.25) is 0 Å². The topological polar surface area (TPSA) is 102 Å². The molecule has 2 aliphatic heterocycles. The third-order valence-corrected chi connectivity index (χ3v) is 5.71. The van der Waals surface area contributed by atoms with E-state index in [0.717, 1.165) is 5.56 Å². The molecule has 1 fully saturated rings. The Morgan fingerprint density at radius 2 is 2.07 bits per heavy atom. The molecule has 3 heterocycles. The smallest absolute Gasteiger partial charge is 0.273 e. The highest BCUT2D eigenvalue weighted by Crippen LogP contribution is 2.34. The zero-order valence-corrected chi connectivity index (χ0v) is 16.8. The molecule has 1 aromatic carbocycles. The van der Waals surface area contributed by atoms with Crippen molar-refractivity contribution in [1.82, 2.24) is 14.8 Å². The molecule has 2 aliphatic rings. The normalized spacial score (nSPS) is 20.1. The molecular formula is C22H21N5O3. The first-order chi connectivity index (χ1) is 14.6. The van der Waals surface area contributed by atoms with Gasteiger partial charge >= 0.3 is 0 Å². The number of carbonyl (C=O) groups excluding carboxylic acids is 1. The maximum absolute atomic E-state index is 13.2. The molecule has 1 saturated heterocycles. The van der Waals surface area contributed by atoms with Gasteiger partial charge in [0.15, 0.2) is 6.19 Å². The van der Waals surface area contributed by atoms with Crippen molar-refractivity contribution in [3.63, 3.8) is 0 Å². The molecule has 8 heteroatoms. The Bertz CT molecular complexity index is 1070. The Hall–Kier alpha value is -3.62. The van der Waals surface area contributed by atoms with E-state index in [2.05, 4.69) is 17.2 Å². The summed E-state index contributed by atoms with van der Waals surface area (Å²) in [6.45, 7) is 1.42. The van der Waals surface area contributed by atoms with Gasteiger partial charge in [-0.3, -0.25) is 4.79 Å². The zero-order chi connectivity index (χ0) is 21.3. The number of nitriles is 2. The molecular weight excluding hydrogens is 382 g/mol. The van der Waals surface area contributed by atoms with Crippen LogP contribution in [0.1, 0.15) is 28.0 Å². The summed E-state index contributed by atoms with van der Waals surface area (Å²) in [5, 5.41) is 18.6. The van der Waals surface area contributed by atoms with E-state index < -0.39 is 0 Å². The van der Waals surface area contributed by atoms with Gasteiger partial charge in [-0.2, -0.15) is 10.5 Å². The third kappa shape index (κ3) is 3.32. The fraction of sp³-hybridized carbons (Fsp3) is 0.364. The van der Waals surface area contributed by atoms with E-state index in [4.69, 9.17) is 9.47 Å². The van der Waals surface area contributed by atoms with E-state index in [1.54, 1.807) is 42.2 Å². The van der Waals surface area contributed by atoms with E-state index in [1.807, 2.05) is 12.1 Å². The molecule has 0 N–H and O–H groups in total. The highest BCUT2D eigenvalue weighted by molar-refractivity contribution is 5.97. The molecule has 0 bridgehead atoms. The lowest BCUT2D eigenvalue weighted by Gasteiger charge is -2.22. The Morgan fingerprint density at radius 1 is 1.23 bits per heavy atom. The Balaban J connectivity index is 1.62. The SMILES string of the molecule is COC[C@@H]1C[C@@H](N2Cc3ccc(-c4cc(C#N)ccc4OC)nc3C2=O)CN1C#N. The number of carbonyl (C=O) groups is 1. The quantitative estimate of drug-likeness (QED) is 0.705. The molecule has 1 amide bonds. The van der Waals surface area contributed by atoms with Gasteiger partial charge in [-0.15, -0.1) is 0 Å². The molecule has 2 aromatic rings. The van der Waals surface area contributed by atoms with Gasteiger partial charge in [0.25, 0.3) is 5.91 Å². The van der Waals surface area contributed by atoms with Crippen LogP contribution < -0.4 is 4.74 Å². The molecule has 0 radical (unpaired) electrons. The van der Waals surface area contributed by atoms with Crippen molar-refractivity contribution in [2.45, 2.75) is 25.0 Å². The maximum Gasteiger partial charge on any atom is 0.273 e. The number of ether oxygens (including phenoxy) is 2. The summed E-state index contributed by atoms with van der Waals surface area (Å²) in [6, 6.07) is 10.9. The first-order valence-corrected chi connectivity index (χ1v) is 9.64. The molecule has 8 nitrogen and oxygen atoms in total. The molecule has 0 aliphatic carbocycles. The lowest BCUT2D eigenvalue weighted by Crippen LogP contribution is -2.37. The molecule has 4 rings (SSSR count). The number of methoxy groups -OCH3 is 2. The van der Waals surface area contributed by atoms with Gasteiger partial charge in [0.05, 0.1) is 43.1 Å². The monoisotopic (exact) mass is 403 g/mol. The summed E-state index contributed by atoms with van der Waals surface area (Å²) in [6.07, 6.45) is 2.89. The zero-order valence-electron chi connectivity index (χ0n) is 16.8. The van der Waals surface area contributed by atoms with E-state index in [-0.39, 0.29) is 18.0 Å². The largest absolute Gasteiger partial charge is 0.496 e. The first-order valence-electron chi connectivity index (χ1n) is 9.64. The lowest BCUT2D eigenvalue weighted by atomic mass is 10.1. The number of aromatic nitrogens is 1. The highest BCUT2D eigenvalue weighted by Gasteiger charge is 2.41. The summed E-state index contributed by atoms with van der Waals surface area (Å²) in [4.78, 5) is 21.3. The number of likely N-dealkylation sites (tertiary alicyclic amines) is 1. The van der Waals surface area contributed by atoms with Crippen LogP contribution in [0, 0.1) is 22.8 Å². The van der Waals surface area contributed by atoms with Crippen molar-refractivity contribution in [2.24, 2.45) is 0 Å². The standard InChI is InChI=1S/C22H21N5O3/c1-29-12-17-8-16(11-26(17)13-24)27-10-15-4-5-19(25-21(15)22(27)28)18-7-14(9-23)3-6-20(18)30-2/h3-7,16-17H,8,10-12H2,1-2H3/t16-,17+/m1/s1. The number of rotatable bonds is 5. The number of pyridine rings is 1. The van der Waals surface area contributed by atoms with Gasteiger partial charge in [0.2, 0.25) is 0 Å². The minimum absolute atomic E-state index is 0.0250. The first kappa shape index (κ1) is 19.7. The van der Waals surface area contributed by atoms with E-state index in [1.165, 1.54) is 0 Å². The van der Waals surface area contributed by atoms with Crippen LogP contribution in [0.4, 0.5) is 0 Å². The van der Waals surface area contributed by atoms with E-state index in [0.29, 0.717) is 54.4 Å². The van der Waals surface area contributed by atoms with Crippen LogP contribution in [-0.2, 0) is 11.3 Å². The summed E-state index contributed by atoms with van der Waals surface area (Å²) in [5.74, 6) is 0.454. The summed E-state index contributed by atoms with van der Waals surface area (Å²) in [7, 11) is 3.17. The second-order valence-electron chi connectivity index (χ2n) is 7.42. The predicted molar refractivity (Wildman–Crippen MR) is 107 cm³/mol. The van der Waals surface area contributed by atoms with Crippen LogP contribution in [0.25, 0.3) is 11.3 Å². The van der Waals surface area contributed by atoms with Gasteiger partial charge < -0.3 is 19.3 Å². The molecule has 1 aromatic heterocycles. The predicted octanol–water partition coefficient (Wildman–Crippen LogP) is 2.16. The fourth-order valence-corrected chi connectivity index (χ4v) is 4.21. The number of nitrogens with zero attached hydrogens (tertiary/aromatic N) is 5. The molecule has 2 atom stereocenters. The van der Waals surface area contributed by atoms with E-state index >= 15 is 0 Å². The van der Waals surface area contributed by atoms with Crippen molar-refractivity contribution in [2.75, 3.05) is 27.4 Å². The van der Waals surface area contributed by atoms with Crippen LogP contribution in [-0.4, -0.2) is 60.1 Å². The lowest BCUT2D eigenvalue weighted by molar-refractivity contribution is 0.0705. The average molecular weight is 403 g/mol. The second kappa shape index (κ2) is 8.02. The second-order valence-corrected chi connectivity index (χ2v) is 7.42. The molecule has 152 valence electrons. The highest BCUT2D eigenvalue weighted by atomic mass is 16.5. The molecule has 30 heavy (non-hydrogen) atoms. The molecule has 0 spiro atoms. The van der Waals surface area contributed by atoms with Crippen LogP contribution in [0.5, 0.6) is 5.75 Å². The van der Waals surface area contributed by atoms with Gasteiger partial charge in [-0.1, -0.05) is 6.07 Å². The van der Waals surface area contributed by atoms with Gasteiger partial charge in [-0.05, 0) is 30.7 Å². The molecule has 0 unspecified atom stereocenters. The molecule has 0 saturated carbocycles. The minimum atomic E-state index is -0.136. The third-order valence-electron chi connectivity index (χ3n) is 5.71. The van der Waals surface area contributed by atoms with Crippen molar-refractivity contribution >= 4 is 5.91 Å². The summed E-state index contributed by atoms with van der Waals surface area (Å²) >= 11 is 0. The maximum atomic E-state index is 13.2. The Kier molecular flexibility index (Phi) is 5.26. The number of amides is 1. The van der Waals surface area contributed by atoms with Crippen molar-refractivity contribution < 1.29 is 14.3 Å². The van der Waals surface area contributed by atoms with Gasteiger partial charge in [-0.25, -0.2) is 4.98 Å². The van der Waals surface area contributed by atoms with Gasteiger partial charge in [0.1, 0.15) is 11.4 Å². The van der Waals surface area contributed by atoms with Gasteiger partial charge in [0, 0.05) is 31.3 Å². The minimum Gasteiger partial charge on any atom is -0.496 e. The van der Waals surface area contributed by atoms with E-state index in [9.17, 15) is 15.3 Å². The number of benzene rings is 1. The summed E-state index contributed by atoms with van der Waals surface area (Å²) < 4.78 is 10.6. The van der Waals surface area contributed by atoms with Crippen LogP contribution in [0.3, 0.4) is 0 Å². The summed E-state index contributed by atoms with van der Waals surface area (Å²) in [5.41, 5.74) is 3.02. The van der Waals surface area contributed by atoms with Crippen molar-refractivity contribution in [3.05, 3.63) is 47.2 Å². The Morgan fingerprint density at radius 3 is 2.77 bits per heavy atom. The van der Waals surface area contributed by atoms with Crippen LogP contribution >= 0.6 is 0 Å². The van der Waals surface area contributed by atoms with Crippen molar-refractivity contribution in [1.29, 1.82) is 10.5 Å². The van der Waals surface area contributed by atoms with Crippen LogP contribution in [0.15, 0.2) is 30.3 Å². The number of hydrogen-bond acceptors (Lipinski definition) is 7. The number of fused-ring (bicyclic) bond motifs is 1. The fourth-order valence-electron chi connectivity index (χ4n) is 4.21. The van der Waals surface area contributed by atoms with Crippen molar-refractivity contribution in [3.8, 4) is 29.3 Å².